The molecule has 0 N–H and O–H groups in total. The summed E-state index contributed by atoms with van der Waals surface area (Å²) >= 11 is 9.55. The van der Waals surface area contributed by atoms with Crippen molar-refractivity contribution in [3.8, 4) is 0 Å². The van der Waals surface area contributed by atoms with Gasteiger partial charge in [0.1, 0.15) is 11.0 Å². The van der Waals surface area contributed by atoms with Crippen molar-refractivity contribution in [1.29, 1.82) is 0 Å². The van der Waals surface area contributed by atoms with Crippen LogP contribution in [0.1, 0.15) is 13.8 Å². The summed E-state index contributed by atoms with van der Waals surface area (Å²) in [5, 5.41) is 1.26. The Morgan fingerprint density at radius 1 is 1.47 bits per heavy atom. The molecule has 0 unspecified atom stereocenters. The molecule has 1 saturated heterocycles. The molecule has 0 atom stereocenters. The molecule has 0 radical (unpaired) electrons. The van der Waals surface area contributed by atoms with E-state index in [1.165, 1.54) is 11.8 Å². The highest BCUT2D eigenvalue weighted by atomic mass is 35.5. The minimum atomic E-state index is 0.273. The first-order valence-electron chi connectivity index (χ1n) is 5.48. The van der Waals surface area contributed by atoms with Crippen molar-refractivity contribution in [2.24, 2.45) is 0 Å². The summed E-state index contributed by atoms with van der Waals surface area (Å²) in [6.45, 7) is 6.55. The lowest BCUT2D eigenvalue weighted by atomic mass is 10.2. The second kappa shape index (κ2) is 5.24. The lowest BCUT2D eigenvalue weighted by Crippen LogP contribution is -2.43. The van der Waals surface area contributed by atoms with Gasteiger partial charge in [-0.15, -0.1) is 0 Å². The summed E-state index contributed by atoms with van der Waals surface area (Å²) in [7, 11) is 0. The molecule has 6 heteroatoms. The van der Waals surface area contributed by atoms with Crippen LogP contribution in [0.4, 0.5) is 5.82 Å². The van der Waals surface area contributed by atoms with Gasteiger partial charge in [0.25, 0.3) is 0 Å². The quantitative estimate of drug-likeness (QED) is 0.474. The Morgan fingerprint density at radius 2 is 2.24 bits per heavy atom. The lowest BCUT2D eigenvalue weighted by molar-refractivity contribution is 0.639. The Labute approximate surface area is 116 Å². The molecule has 0 saturated carbocycles. The van der Waals surface area contributed by atoms with Gasteiger partial charge in [-0.1, -0.05) is 23.4 Å². The van der Waals surface area contributed by atoms with Crippen LogP contribution >= 0.6 is 35.1 Å². The van der Waals surface area contributed by atoms with Crippen molar-refractivity contribution >= 4 is 40.9 Å². The van der Waals surface area contributed by atoms with Gasteiger partial charge >= 0.3 is 0 Å². The topological polar surface area (TPSA) is 29.0 Å². The van der Waals surface area contributed by atoms with Crippen LogP contribution in [0, 0.1) is 0 Å². The number of anilines is 1. The number of thioether (sulfide) groups is 2. The van der Waals surface area contributed by atoms with Gasteiger partial charge in [-0.3, -0.25) is 0 Å². The fourth-order valence-electron chi connectivity index (χ4n) is 1.85. The van der Waals surface area contributed by atoms with Crippen LogP contribution in [-0.2, 0) is 0 Å². The Hall–Kier alpha value is -0.130. The number of nitrogens with zero attached hydrogens (tertiary/aromatic N) is 3. The van der Waals surface area contributed by atoms with E-state index in [9.17, 15) is 0 Å². The Bertz CT molecular complexity index is 412. The van der Waals surface area contributed by atoms with Gasteiger partial charge in [-0.25, -0.2) is 9.97 Å². The third kappa shape index (κ3) is 3.42. The van der Waals surface area contributed by atoms with E-state index < -0.39 is 0 Å². The molecule has 1 fully saturated rings. The third-order valence-electron chi connectivity index (χ3n) is 2.59. The molecule has 1 aliphatic heterocycles. The smallest absolute Gasteiger partial charge is 0.190 e. The Morgan fingerprint density at radius 3 is 2.88 bits per heavy atom. The average Bonchev–Trinajstić information content (AvgIpc) is 2.27. The molecule has 17 heavy (non-hydrogen) atoms. The molecule has 1 aromatic heterocycles. The summed E-state index contributed by atoms with van der Waals surface area (Å²) in [4.78, 5) is 11.0. The van der Waals surface area contributed by atoms with Gasteiger partial charge in [-0.05, 0) is 20.1 Å². The number of hydrogen-bond donors (Lipinski definition) is 0. The molecule has 1 aromatic rings. The number of hydrogen-bond acceptors (Lipinski definition) is 5. The maximum absolute atomic E-state index is 6.02. The van der Waals surface area contributed by atoms with Crippen molar-refractivity contribution < 1.29 is 0 Å². The van der Waals surface area contributed by atoms with E-state index in [1.807, 2.05) is 24.1 Å². The van der Waals surface area contributed by atoms with Crippen LogP contribution < -0.4 is 4.90 Å². The molecule has 3 nitrogen and oxygen atoms in total. The molecule has 0 aromatic carbocycles. The van der Waals surface area contributed by atoms with Gasteiger partial charge in [0.05, 0.1) is 0 Å². The first-order valence-corrected chi connectivity index (χ1v) is 8.06. The van der Waals surface area contributed by atoms with Gasteiger partial charge in [0.15, 0.2) is 5.16 Å². The molecule has 0 amide bonds. The third-order valence-corrected chi connectivity index (χ3v) is 4.63. The zero-order valence-electron chi connectivity index (χ0n) is 10.2. The average molecular weight is 290 g/mol. The standard InChI is InChI=1S/C11H16ClN3S2/c1-11(2)7-15(4-5-17-11)9-6-8(12)13-10(14-9)16-3/h6H,4-5,7H2,1-3H3. The molecule has 0 bridgehead atoms. The highest BCUT2D eigenvalue weighted by molar-refractivity contribution is 8.00. The van der Waals surface area contributed by atoms with Crippen molar-refractivity contribution in [1.82, 2.24) is 9.97 Å². The minimum absolute atomic E-state index is 0.273. The zero-order chi connectivity index (χ0) is 12.5. The normalized spacial score (nSPS) is 19.4. The van der Waals surface area contributed by atoms with Crippen LogP contribution in [0.5, 0.6) is 0 Å². The summed E-state index contributed by atoms with van der Waals surface area (Å²) in [5.41, 5.74) is 0. The lowest BCUT2D eigenvalue weighted by Gasteiger charge is -2.38. The van der Waals surface area contributed by atoms with Gasteiger partial charge in [0, 0.05) is 29.7 Å². The molecule has 94 valence electrons. The van der Waals surface area contributed by atoms with E-state index >= 15 is 0 Å². The van der Waals surface area contributed by atoms with Crippen molar-refractivity contribution in [2.45, 2.75) is 23.8 Å². The second-order valence-electron chi connectivity index (χ2n) is 4.57. The molecule has 2 rings (SSSR count). The predicted octanol–water partition coefficient (Wildman–Crippen LogP) is 3.18. The van der Waals surface area contributed by atoms with E-state index in [0.717, 1.165) is 29.8 Å². The van der Waals surface area contributed by atoms with Crippen LogP contribution in [0.15, 0.2) is 11.2 Å². The van der Waals surface area contributed by atoms with E-state index in [0.29, 0.717) is 5.15 Å². The van der Waals surface area contributed by atoms with Gasteiger partial charge in [0.2, 0.25) is 0 Å². The summed E-state index contributed by atoms with van der Waals surface area (Å²) in [6, 6.07) is 1.85. The van der Waals surface area contributed by atoms with E-state index in [-0.39, 0.29) is 4.75 Å². The monoisotopic (exact) mass is 289 g/mol. The summed E-state index contributed by atoms with van der Waals surface area (Å²) in [5.74, 6) is 2.08. The maximum atomic E-state index is 6.02. The molecular weight excluding hydrogens is 274 g/mol. The highest BCUT2D eigenvalue weighted by Gasteiger charge is 2.28. The second-order valence-corrected chi connectivity index (χ2v) is 7.53. The van der Waals surface area contributed by atoms with Gasteiger partial charge < -0.3 is 4.90 Å². The Balaban J connectivity index is 2.24. The zero-order valence-corrected chi connectivity index (χ0v) is 12.6. The largest absolute Gasteiger partial charge is 0.354 e. The highest BCUT2D eigenvalue weighted by Crippen LogP contribution is 2.32. The van der Waals surface area contributed by atoms with Gasteiger partial charge in [-0.2, -0.15) is 11.8 Å². The van der Waals surface area contributed by atoms with Crippen LogP contribution in [0.25, 0.3) is 0 Å². The van der Waals surface area contributed by atoms with E-state index in [2.05, 4.69) is 28.7 Å². The van der Waals surface area contributed by atoms with E-state index in [1.54, 1.807) is 0 Å². The minimum Gasteiger partial charge on any atom is -0.354 e. The molecular formula is C11H16ClN3S2. The van der Waals surface area contributed by atoms with Crippen molar-refractivity contribution in [3.05, 3.63) is 11.2 Å². The fraction of sp³-hybridized carbons (Fsp3) is 0.636. The SMILES string of the molecule is CSc1nc(Cl)cc(N2CCSC(C)(C)C2)n1. The van der Waals surface area contributed by atoms with Crippen molar-refractivity contribution in [2.75, 3.05) is 30.0 Å². The Kier molecular flexibility index (Phi) is 4.10. The number of halogens is 1. The fourth-order valence-corrected chi connectivity index (χ4v) is 3.56. The molecule has 0 aliphatic carbocycles. The number of rotatable bonds is 2. The number of aromatic nitrogens is 2. The van der Waals surface area contributed by atoms with E-state index in [4.69, 9.17) is 11.6 Å². The first-order chi connectivity index (χ1) is 8.00. The molecule has 2 heterocycles. The summed E-state index contributed by atoms with van der Waals surface area (Å²) in [6.07, 6.45) is 1.96. The summed E-state index contributed by atoms with van der Waals surface area (Å²) < 4.78 is 0.273. The van der Waals surface area contributed by atoms with Crippen LogP contribution in [0.3, 0.4) is 0 Å². The maximum Gasteiger partial charge on any atom is 0.190 e. The first kappa shape index (κ1) is 13.3. The van der Waals surface area contributed by atoms with Crippen LogP contribution in [-0.4, -0.2) is 39.8 Å². The molecule has 1 aliphatic rings. The predicted molar refractivity (Wildman–Crippen MR) is 77.6 cm³/mol. The van der Waals surface area contributed by atoms with Crippen molar-refractivity contribution in [3.63, 3.8) is 0 Å². The van der Waals surface area contributed by atoms with Crippen LogP contribution in [0.2, 0.25) is 5.15 Å². The molecule has 0 spiro atoms.